The van der Waals surface area contributed by atoms with Crippen molar-refractivity contribution < 1.29 is 4.79 Å². The number of nitrogens with zero attached hydrogens (tertiary/aromatic N) is 2. The summed E-state index contributed by atoms with van der Waals surface area (Å²) in [6.07, 6.45) is 2.84. The summed E-state index contributed by atoms with van der Waals surface area (Å²) in [5.74, 6) is -0.535. The molecule has 0 radical (unpaired) electrons. The zero-order valence-electron chi connectivity index (χ0n) is 8.52. The molecule has 3 N–H and O–H groups in total. The molecule has 0 atom stereocenters. The molecule has 0 bridgehead atoms. The lowest BCUT2D eigenvalue weighted by Crippen LogP contribution is -2.11. The monoisotopic (exact) mass is 270 g/mol. The molecule has 1 amide bonds. The van der Waals surface area contributed by atoms with Crippen molar-refractivity contribution >= 4 is 34.8 Å². The van der Waals surface area contributed by atoms with E-state index in [0.29, 0.717) is 21.3 Å². The highest BCUT2D eigenvalue weighted by atomic mass is 35.5. The second kappa shape index (κ2) is 4.65. The van der Waals surface area contributed by atoms with Gasteiger partial charge in [-0.3, -0.25) is 10.2 Å². The Labute approximate surface area is 107 Å². The third-order valence-corrected chi connectivity index (χ3v) is 2.77. The van der Waals surface area contributed by atoms with Gasteiger partial charge in [-0.1, -0.05) is 23.2 Å². The number of benzene rings is 1. The summed E-state index contributed by atoms with van der Waals surface area (Å²) in [6.45, 7) is 0. The van der Waals surface area contributed by atoms with Gasteiger partial charge in [0.1, 0.15) is 0 Å². The smallest absolute Gasteiger partial charge is 0.251 e. The lowest BCUT2D eigenvalue weighted by Gasteiger charge is -2.06. The summed E-state index contributed by atoms with van der Waals surface area (Å²) < 4.78 is 0. The van der Waals surface area contributed by atoms with Gasteiger partial charge in [0.2, 0.25) is 0 Å². The van der Waals surface area contributed by atoms with Gasteiger partial charge in [-0.2, -0.15) is 9.89 Å². The zero-order chi connectivity index (χ0) is 12.4. The van der Waals surface area contributed by atoms with Gasteiger partial charge in [0.15, 0.2) is 0 Å². The van der Waals surface area contributed by atoms with E-state index in [4.69, 9.17) is 28.9 Å². The molecule has 2 rings (SSSR count). The van der Waals surface area contributed by atoms with Crippen molar-refractivity contribution in [3.8, 4) is 0 Å². The number of nitrogens with one attached hydrogen (secondary N) is 1. The molecule has 0 spiro atoms. The van der Waals surface area contributed by atoms with Crippen LogP contribution in [0.2, 0.25) is 10.0 Å². The van der Waals surface area contributed by atoms with Gasteiger partial charge < -0.3 is 5.73 Å². The number of rotatable bonds is 3. The van der Waals surface area contributed by atoms with Gasteiger partial charge in [0.25, 0.3) is 5.91 Å². The van der Waals surface area contributed by atoms with Crippen LogP contribution in [0.25, 0.3) is 0 Å². The van der Waals surface area contributed by atoms with Crippen LogP contribution in [0.4, 0.5) is 5.69 Å². The van der Waals surface area contributed by atoms with Crippen LogP contribution >= 0.6 is 23.2 Å². The first-order valence-electron chi connectivity index (χ1n) is 4.63. The molecule has 1 aromatic carbocycles. The summed E-state index contributed by atoms with van der Waals surface area (Å²) in [7, 11) is 0. The van der Waals surface area contributed by atoms with Crippen molar-refractivity contribution in [1.82, 2.24) is 9.89 Å². The summed E-state index contributed by atoms with van der Waals surface area (Å²) in [5, 5.41) is 4.81. The lowest BCUT2D eigenvalue weighted by atomic mass is 10.3. The van der Waals surface area contributed by atoms with Gasteiger partial charge in [0, 0.05) is 0 Å². The van der Waals surface area contributed by atoms with Crippen molar-refractivity contribution in [2.75, 3.05) is 5.43 Å². The Morgan fingerprint density at radius 1 is 1.35 bits per heavy atom. The van der Waals surface area contributed by atoms with Crippen LogP contribution in [0.1, 0.15) is 10.4 Å². The van der Waals surface area contributed by atoms with Crippen molar-refractivity contribution in [2.45, 2.75) is 0 Å². The lowest BCUT2D eigenvalue weighted by molar-refractivity contribution is 0.100. The fraction of sp³-hybridized carbons (Fsp3) is 0. The first kappa shape index (κ1) is 11.8. The van der Waals surface area contributed by atoms with Crippen molar-refractivity contribution in [2.24, 2.45) is 5.73 Å². The van der Waals surface area contributed by atoms with Crippen LogP contribution in [0.5, 0.6) is 0 Å². The van der Waals surface area contributed by atoms with Gasteiger partial charge in [-0.05, 0) is 18.2 Å². The number of primary amides is 1. The number of aromatic nitrogens is 2. The van der Waals surface area contributed by atoms with Crippen LogP contribution in [0.3, 0.4) is 0 Å². The Balaban J connectivity index is 2.19. The van der Waals surface area contributed by atoms with Crippen LogP contribution < -0.4 is 11.2 Å². The molecule has 1 heterocycles. The number of hydrogen-bond donors (Lipinski definition) is 2. The summed E-state index contributed by atoms with van der Waals surface area (Å²) >= 11 is 11.6. The molecular formula is C10H8Cl2N4O. The first-order chi connectivity index (χ1) is 8.06. The van der Waals surface area contributed by atoms with Crippen LogP contribution in [-0.4, -0.2) is 15.8 Å². The van der Waals surface area contributed by atoms with Gasteiger partial charge >= 0.3 is 0 Å². The third kappa shape index (κ3) is 2.69. The topological polar surface area (TPSA) is 72.9 Å². The molecule has 0 aliphatic rings. The van der Waals surface area contributed by atoms with Crippen LogP contribution in [-0.2, 0) is 0 Å². The van der Waals surface area contributed by atoms with E-state index >= 15 is 0 Å². The molecule has 5 nitrogen and oxygen atoms in total. The summed E-state index contributed by atoms with van der Waals surface area (Å²) in [4.78, 5) is 12.2. The molecule has 7 heteroatoms. The van der Waals surface area contributed by atoms with E-state index in [9.17, 15) is 4.79 Å². The highest BCUT2D eigenvalue weighted by molar-refractivity contribution is 6.42. The van der Waals surface area contributed by atoms with Crippen molar-refractivity contribution in [3.63, 3.8) is 0 Å². The maximum absolute atomic E-state index is 10.9. The number of carbonyl (C=O) groups is 1. The molecule has 2 aromatic rings. The zero-order valence-corrected chi connectivity index (χ0v) is 10.0. The standard InChI is InChI=1S/C10H8Cl2N4O/c11-8-2-1-7(3-9(8)12)15-16-5-6(4-14-16)10(13)17/h1-5,15H,(H2,13,17). The largest absolute Gasteiger partial charge is 0.365 e. The molecule has 88 valence electrons. The average molecular weight is 271 g/mol. The maximum Gasteiger partial charge on any atom is 0.251 e. The van der Waals surface area contributed by atoms with E-state index in [-0.39, 0.29) is 0 Å². The average Bonchev–Trinajstić information content (AvgIpc) is 2.72. The van der Waals surface area contributed by atoms with Gasteiger partial charge in [0.05, 0.1) is 33.7 Å². The molecule has 0 fully saturated rings. The van der Waals surface area contributed by atoms with E-state index in [1.54, 1.807) is 18.2 Å². The molecule has 0 aliphatic heterocycles. The maximum atomic E-state index is 10.9. The fourth-order valence-corrected chi connectivity index (χ4v) is 1.51. The number of carbonyl (C=O) groups excluding carboxylic acids is 1. The first-order valence-corrected chi connectivity index (χ1v) is 5.38. The fourth-order valence-electron chi connectivity index (χ4n) is 1.21. The normalized spacial score (nSPS) is 10.2. The highest BCUT2D eigenvalue weighted by Gasteiger charge is 2.04. The Bertz CT molecular complexity index is 567. The highest BCUT2D eigenvalue weighted by Crippen LogP contribution is 2.24. The molecule has 1 aromatic heterocycles. The third-order valence-electron chi connectivity index (χ3n) is 2.03. The van der Waals surface area contributed by atoms with Crippen molar-refractivity contribution in [1.29, 1.82) is 0 Å². The van der Waals surface area contributed by atoms with Crippen LogP contribution in [0.15, 0.2) is 30.6 Å². The number of halogens is 2. The predicted molar refractivity (Wildman–Crippen MR) is 66.2 cm³/mol. The van der Waals surface area contributed by atoms with E-state index in [1.165, 1.54) is 17.2 Å². The minimum absolute atomic E-state index is 0.317. The molecule has 0 aliphatic carbocycles. The quantitative estimate of drug-likeness (QED) is 0.898. The predicted octanol–water partition coefficient (Wildman–Crippen LogP) is 2.16. The molecule has 0 saturated heterocycles. The number of hydrogen-bond acceptors (Lipinski definition) is 3. The van der Waals surface area contributed by atoms with E-state index in [2.05, 4.69) is 10.5 Å². The Kier molecular flexibility index (Phi) is 3.21. The Hall–Kier alpha value is -1.72. The number of anilines is 1. The van der Waals surface area contributed by atoms with Crippen molar-refractivity contribution in [3.05, 3.63) is 46.2 Å². The molecular weight excluding hydrogens is 263 g/mol. The summed E-state index contributed by atoms with van der Waals surface area (Å²) in [5.41, 5.74) is 9.02. The minimum atomic E-state index is -0.535. The summed E-state index contributed by atoms with van der Waals surface area (Å²) in [6, 6.07) is 5.04. The molecule has 0 unspecified atom stereocenters. The molecule has 17 heavy (non-hydrogen) atoms. The Morgan fingerprint density at radius 3 is 2.71 bits per heavy atom. The SMILES string of the molecule is NC(=O)c1cnn(Nc2ccc(Cl)c(Cl)c2)c1. The van der Waals surface area contributed by atoms with E-state index in [0.717, 1.165) is 0 Å². The van der Waals surface area contributed by atoms with Gasteiger partial charge in [-0.25, -0.2) is 0 Å². The van der Waals surface area contributed by atoms with E-state index < -0.39 is 5.91 Å². The van der Waals surface area contributed by atoms with E-state index in [1.807, 2.05) is 0 Å². The number of amides is 1. The number of nitrogens with two attached hydrogens (primary N) is 1. The van der Waals surface area contributed by atoms with Crippen LogP contribution in [0, 0.1) is 0 Å². The Morgan fingerprint density at radius 2 is 2.12 bits per heavy atom. The second-order valence-corrected chi connectivity index (χ2v) is 4.09. The molecule has 0 saturated carbocycles. The second-order valence-electron chi connectivity index (χ2n) is 3.28. The minimum Gasteiger partial charge on any atom is -0.365 e. The van der Waals surface area contributed by atoms with Gasteiger partial charge in [-0.15, -0.1) is 0 Å².